The summed E-state index contributed by atoms with van der Waals surface area (Å²) in [5.41, 5.74) is 3.15. The Morgan fingerprint density at radius 1 is 1.21 bits per heavy atom. The molecule has 7 heteroatoms. The van der Waals surface area contributed by atoms with E-state index in [0.717, 1.165) is 27.8 Å². The van der Waals surface area contributed by atoms with Gasteiger partial charge in [0.1, 0.15) is 5.75 Å². The Morgan fingerprint density at radius 3 is 2.71 bits per heavy atom. The molecule has 0 atom stereocenters. The summed E-state index contributed by atoms with van der Waals surface area (Å²) < 4.78 is 7.22. The Balaban J connectivity index is 1.54. The molecular weight excluding hydrogens is 372 g/mol. The Kier molecular flexibility index (Phi) is 6.60. The number of rotatable bonds is 8. The van der Waals surface area contributed by atoms with E-state index >= 15 is 0 Å². The quantitative estimate of drug-likeness (QED) is 0.592. The number of carbonyl (C=O) groups is 1. The lowest BCUT2D eigenvalue weighted by Crippen LogP contribution is -2.24. The Labute approximate surface area is 169 Å². The van der Waals surface area contributed by atoms with Crippen molar-refractivity contribution in [2.24, 2.45) is 0 Å². The average Bonchev–Trinajstić information content (AvgIpc) is 3.19. The molecule has 0 saturated carbocycles. The number of benzene rings is 2. The SMILES string of the molecule is COc1cccc(-n2ccnc2SCC(=O)NCc2ccc(N(C)C)cc2)c1. The van der Waals surface area contributed by atoms with Gasteiger partial charge in [0.15, 0.2) is 5.16 Å². The molecule has 0 spiro atoms. The number of aromatic nitrogens is 2. The van der Waals surface area contributed by atoms with E-state index in [1.807, 2.05) is 78.3 Å². The average molecular weight is 397 g/mol. The van der Waals surface area contributed by atoms with Crippen LogP contribution < -0.4 is 15.0 Å². The fourth-order valence-corrected chi connectivity index (χ4v) is 3.45. The normalized spacial score (nSPS) is 10.5. The summed E-state index contributed by atoms with van der Waals surface area (Å²) in [6.07, 6.45) is 3.60. The Hall–Kier alpha value is -2.93. The number of methoxy groups -OCH3 is 1. The third-order valence-electron chi connectivity index (χ3n) is 4.21. The Bertz CT molecular complexity index is 922. The fourth-order valence-electron chi connectivity index (χ4n) is 2.65. The molecule has 2 aromatic carbocycles. The molecule has 1 aromatic heterocycles. The number of nitrogens with one attached hydrogen (secondary N) is 1. The van der Waals surface area contributed by atoms with Gasteiger partial charge < -0.3 is 15.0 Å². The van der Waals surface area contributed by atoms with Gasteiger partial charge in [0.25, 0.3) is 0 Å². The monoisotopic (exact) mass is 396 g/mol. The summed E-state index contributed by atoms with van der Waals surface area (Å²) in [6.45, 7) is 0.511. The summed E-state index contributed by atoms with van der Waals surface area (Å²) in [6, 6.07) is 15.9. The zero-order valence-corrected chi connectivity index (χ0v) is 17.1. The van der Waals surface area contributed by atoms with Crippen molar-refractivity contribution in [1.82, 2.24) is 14.9 Å². The first-order valence-corrected chi connectivity index (χ1v) is 9.89. The summed E-state index contributed by atoms with van der Waals surface area (Å²) in [4.78, 5) is 18.6. The molecule has 3 rings (SSSR count). The van der Waals surface area contributed by atoms with E-state index in [-0.39, 0.29) is 5.91 Å². The van der Waals surface area contributed by atoms with Crippen LogP contribution >= 0.6 is 11.8 Å². The number of nitrogens with zero attached hydrogens (tertiary/aromatic N) is 3. The van der Waals surface area contributed by atoms with Gasteiger partial charge in [-0.1, -0.05) is 30.0 Å². The van der Waals surface area contributed by atoms with Crippen LogP contribution in [0.2, 0.25) is 0 Å². The fraction of sp³-hybridized carbons (Fsp3) is 0.238. The van der Waals surface area contributed by atoms with Gasteiger partial charge in [-0.15, -0.1) is 0 Å². The van der Waals surface area contributed by atoms with Gasteiger partial charge in [0.2, 0.25) is 5.91 Å². The Morgan fingerprint density at radius 2 is 2.00 bits per heavy atom. The van der Waals surface area contributed by atoms with Crippen molar-refractivity contribution in [3.63, 3.8) is 0 Å². The van der Waals surface area contributed by atoms with Crippen LogP contribution in [0.1, 0.15) is 5.56 Å². The van der Waals surface area contributed by atoms with Gasteiger partial charge in [-0.25, -0.2) is 4.98 Å². The maximum absolute atomic E-state index is 12.2. The minimum Gasteiger partial charge on any atom is -0.497 e. The lowest BCUT2D eigenvalue weighted by Gasteiger charge is -2.13. The summed E-state index contributed by atoms with van der Waals surface area (Å²) in [7, 11) is 5.65. The number of imidazole rings is 1. The number of hydrogen-bond donors (Lipinski definition) is 1. The van der Waals surface area contributed by atoms with Crippen LogP contribution in [0.25, 0.3) is 5.69 Å². The maximum atomic E-state index is 12.2. The van der Waals surface area contributed by atoms with Gasteiger partial charge in [0.05, 0.1) is 18.6 Å². The van der Waals surface area contributed by atoms with Gasteiger partial charge in [-0.3, -0.25) is 9.36 Å². The van der Waals surface area contributed by atoms with Gasteiger partial charge >= 0.3 is 0 Å². The highest BCUT2D eigenvalue weighted by Gasteiger charge is 2.10. The molecule has 28 heavy (non-hydrogen) atoms. The highest BCUT2D eigenvalue weighted by molar-refractivity contribution is 7.99. The first kappa shape index (κ1) is 19.8. The molecule has 0 aliphatic rings. The molecule has 0 fully saturated rings. The zero-order valence-electron chi connectivity index (χ0n) is 16.3. The molecule has 0 aliphatic heterocycles. The highest BCUT2D eigenvalue weighted by Crippen LogP contribution is 2.23. The van der Waals surface area contributed by atoms with E-state index in [1.54, 1.807) is 13.3 Å². The van der Waals surface area contributed by atoms with Crippen molar-refractivity contribution >= 4 is 23.4 Å². The van der Waals surface area contributed by atoms with Crippen LogP contribution in [-0.2, 0) is 11.3 Å². The second-order valence-electron chi connectivity index (χ2n) is 6.41. The van der Waals surface area contributed by atoms with Crippen molar-refractivity contribution in [1.29, 1.82) is 0 Å². The van der Waals surface area contributed by atoms with Gasteiger partial charge in [-0.05, 0) is 29.8 Å². The van der Waals surface area contributed by atoms with E-state index in [0.29, 0.717) is 12.3 Å². The van der Waals surface area contributed by atoms with Crippen molar-refractivity contribution in [3.05, 3.63) is 66.5 Å². The molecule has 0 bridgehead atoms. The second-order valence-corrected chi connectivity index (χ2v) is 7.35. The first-order chi connectivity index (χ1) is 13.6. The smallest absolute Gasteiger partial charge is 0.230 e. The molecule has 1 heterocycles. The van der Waals surface area contributed by atoms with Crippen LogP contribution in [0.4, 0.5) is 5.69 Å². The number of ether oxygens (including phenoxy) is 1. The summed E-state index contributed by atoms with van der Waals surface area (Å²) >= 11 is 1.40. The van der Waals surface area contributed by atoms with Crippen molar-refractivity contribution in [2.75, 3.05) is 31.9 Å². The molecule has 0 unspecified atom stereocenters. The van der Waals surface area contributed by atoms with Gasteiger partial charge in [-0.2, -0.15) is 0 Å². The highest BCUT2D eigenvalue weighted by atomic mass is 32.2. The number of carbonyl (C=O) groups excluding carboxylic acids is 1. The topological polar surface area (TPSA) is 59.4 Å². The predicted octanol–water partition coefficient (Wildman–Crippen LogP) is 3.36. The van der Waals surface area contributed by atoms with E-state index in [9.17, 15) is 4.79 Å². The predicted molar refractivity (Wildman–Crippen MR) is 113 cm³/mol. The summed E-state index contributed by atoms with van der Waals surface area (Å²) in [5.74, 6) is 1.05. The lowest BCUT2D eigenvalue weighted by molar-refractivity contribution is -0.118. The van der Waals surface area contributed by atoms with E-state index in [4.69, 9.17) is 4.74 Å². The third kappa shape index (κ3) is 5.07. The minimum absolute atomic E-state index is 0.0260. The largest absolute Gasteiger partial charge is 0.497 e. The third-order valence-corrected chi connectivity index (χ3v) is 5.18. The molecule has 1 N–H and O–H groups in total. The second kappa shape index (κ2) is 9.32. The van der Waals surface area contributed by atoms with Gasteiger partial charge in [0, 0.05) is 44.8 Å². The van der Waals surface area contributed by atoms with Crippen LogP contribution in [0.3, 0.4) is 0 Å². The minimum atomic E-state index is -0.0260. The molecule has 1 amide bonds. The summed E-state index contributed by atoms with van der Waals surface area (Å²) in [5, 5.41) is 3.72. The van der Waals surface area contributed by atoms with Crippen LogP contribution in [0.5, 0.6) is 5.75 Å². The number of amides is 1. The molecule has 0 aliphatic carbocycles. The van der Waals surface area contributed by atoms with E-state index in [2.05, 4.69) is 10.3 Å². The van der Waals surface area contributed by atoms with Crippen molar-refractivity contribution in [3.8, 4) is 11.4 Å². The first-order valence-electron chi connectivity index (χ1n) is 8.90. The number of thioether (sulfide) groups is 1. The van der Waals surface area contributed by atoms with E-state index < -0.39 is 0 Å². The van der Waals surface area contributed by atoms with Crippen molar-refractivity contribution in [2.45, 2.75) is 11.7 Å². The molecule has 0 saturated heterocycles. The standard InChI is InChI=1S/C21H24N4O2S/c1-24(2)17-9-7-16(8-10-17)14-23-20(26)15-28-21-22-11-12-25(21)18-5-4-6-19(13-18)27-3/h4-13H,14-15H2,1-3H3,(H,23,26). The zero-order chi connectivity index (χ0) is 19.9. The molecule has 0 radical (unpaired) electrons. The number of anilines is 1. The van der Waals surface area contributed by atoms with Crippen LogP contribution in [0, 0.1) is 0 Å². The molecule has 3 aromatic rings. The van der Waals surface area contributed by atoms with Crippen molar-refractivity contribution < 1.29 is 9.53 Å². The van der Waals surface area contributed by atoms with E-state index in [1.165, 1.54) is 11.8 Å². The van der Waals surface area contributed by atoms with Crippen LogP contribution in [0.15, 0.2) is 66.1 Å². The molecule has 146 valence electrons. The number of hydrogen-bond acceptors (Lipinski definition) is 5. The maximum Gasteiger partial charge on any atom is 0.230 e. The molecule has 6 nitrogen and oxygen atoms in total. The lowest BCUT2D eigenvalue weighted by atomic mass is 10.2. The van der Waals surface area contributed by atoms with Crippen LogP contribution in [-0.4, -0.2) is 42.4 Å². The molecular formula is C21H24N4O2S.